The fourth-order valence-corrected chi connectivity index (χ4v) is 3.05. The Morgan fingerprint density at radius 1 is 1.18 bits per heavy atom. The molecular weight excluding hydrogens is 358 g/mol. The van der Waals surface area contributed by atoms with E-state index in [-0.39, 0.29) is 11.9 Å². The molecule has 2 aromatic heterocycles. The van der Waals surface area contributed by atoms with Crippen molar-refractivity contribution in [2.75, 3.05) is 5.32 Å². The molecule has 1 atom stereocenters. The minimum absolute atomic E-state index is 0.0568. The number of anilines is 1. The largest absolute Gasteiger partial charge is 0.372 e. The summed E-state index contributed by atoms with van der Waals surface area (Å²) in [5.74, 6) is 0.849. The predicted octanol–water partition coefficient (Wildman–Crippen LogP) is 3.68. The van der Waals surface area contributed by atoms with E-state index in [2.05, 4.69) is 25.8 Å². The van der Waals surface area contributed by atoms with E-state index < -0.39 is 6.04 Å². The zero-order chi connectivity index (χ0) is 19.5. The van der Waals surface area contributed by atoms with E-state index in [1.54, 1.807) is 18.5 Å². The fourth-order valence-electron chi connectivity index (χ4n) is 3.05. The second-order valence-electron chi connectivity index (χ2n) is 6.99. The smallest absolute Gasteiger partial charge is 0.319 e. The molecule has 0 bridgehead atoms. The zero-order valence-corrected chi connectivity index (χ0v) is 15.7. The molecule has 0 spiro atoms. The standard InChI is InChI=1S/C20H21N5O3/c1-12(2)17(19-24-18(25-28-19)13-4-3-7-21-9-13)23-20(26)22-16-6-5-14-10-27-11-15(14)8-16/h3-9,12,17H,10-11H2,1-2H3,(H2,22,23,26). The van der Waals surface area contributed by atoms with Crippen molar-refractivity contribution in [1.29, 1.82) is 0 Å². The highest BCUT2D eigenvalue weighted by molar-refractivity contribution is 5.89. The number of aromatic nitrogens is 3. The molecule has 1 unspecified atom stereocenters. The molecular formula is C20H21N5O3. The van der Waals surface area contributed by atoms with Gasteiger partial charge in [-0.3, -0.25) is 4.98 Å². The Morgan fingerprint density at radius 2 is 2.04 bits per heavy atom. The molecule has 1 aromatic carbocycles. The van der Waals surface area contributed by atoms with Crippen molar-refractivity contribution >= 4 is 11.7 Å². The summed E-state index contributed by atoms with van der Waals surface area (Å²) in [5, 5.41) is 9.79. The summed E-state index contributed by atoms with van der Waals surface area (Å²) in [6, 6.07) is 8.66. The van der Waals surface area contributed by atoms with E-state index in [4.69, 9.17) is 9.26 Å². The normalized spacial score (nSPS) is 14.0. The van der Waals surface area contributed by atoms with Gasteiger partial charge < -0.3 is 19.9 Å². The van der Waals surface area contributed by atoms with Crippen LogP contribution in [0, 0.1) is 5.92 Å². The molecule has 8 nitrogen and oxygen atoms in total. The predicted molar refractivity (Wildman–Crippen MR) is 102 cm³/mol. The summed E-state index contributed by atoms with van der Waals surface area (Å²) in [5.41, 5.74) is 3.71. The van der Waals surface area contributed by atoms with Crippen LogP contribution in [-0.4, -0.2) is 21.2 Å². The molecule has 1 aliphatic rings. The molecule has 0 fully saturated rings. The topological polar surface area (TPSA) is 102 Å². The SMILES string of the molecule is CC(C)C(NC(=O)Nc1ccc2c(c1)COC2)c1nc(-c2cccnc2)no1. The maximum absolute atomic E-state index is 12.5. The van der Waals surface area contributed by atoms with E-state index in [1.165, 1.54) is 0 Å². The van der Waals surface area contributed by atoms with E-state index in [1.807, 2.05) is 38.1 Å². The van der Waals surface area contributed by atoms with Gasteiger partial charge in [0.25, 0.3) is 0 Å². The van der Waals surface area contributed by atoms with Gasteiger partial charge in [0.1, 0.15) is 6.04 Å². The quantitative estimate of drug-likeness (QED) is 0.701. The number of nitrogens with one attached hydrogen (secondary N) is 2. The van der Waals surface area contributed by atoms with Crippen LogP contribution in [0.25, 0.3) is 11.4 Å². The van der Waals surface area contributed by atoms with Gasteiger partial charge in [-0.05, 0) is 41.3 Å². The van der Waals surface area contributed by atoms with Crippen LogP contribution in [0.3, 0.4) is 0 Å². The Balaban J connectivity index is 1.46. The first kappa shape index (κ1) is 18.1. The van der Waals surface area contributed by atoms with Gasteiger partial charge in [0.2, 0.25) is 11.7 Å². The Labute approximate surface area is 162 Å². The number of urea groups is 1. The summed E-state index contributed by atoms with van der Waals surface area (Å²) in [6.07, 6.45) is 3.34. The molecule has 28 heavy (non-hydrogen) atoms. The van der Waals surface area contributed by atoms with Crippen LogP contribution < -0.4 is 10.6 Å². The number of carbonyl (C=O) groups is 1. The molecule has 3 heterocycles. The van der Waals surface area contributed by atoms with Crippen molar-refractivity contribution in [3.8, 4) is 11.4 Å². The van der Waals surface area contributed by atoms with Crippen LogP contribution in [0.5, 0.6) is 0 Å². The molecule has 4 rings (SSSR count). The highest BCUT2D eigenvalue weighted by atomic mass is 16.5. The molecule has 144 valence electrons. The van der Waals surface area contributed by atoms with E-state index in [0.717, 1.165) is 16.7 Å². The Morgan fingerprint density at radius 3 is 2.82 bits per heavy atom. The zero-order valence-electron chi connectivity index (χ0n) is 15.7. The molecule has 0 aliphatic carbocycles. The van der Waals surface area contributed by atoms with Crippen LogP contribution in [0.4, 0.5) is 10.5 Å². The van der Waals surface area contributed by atoms with Crippen LogP contribution >= 0.6 is 0 Å². The van der Waals surface area contributed by atoms with E-state index >= 15 is 0 Å². The number of carbonyl (C=O) groups excluding carboxylic acids is 1. The Bertz CT molecular complexity index is 971. The second kappa shape index (κ2) is 7.77. The van der Waals surface area contributed by atoms with Gasteiger partial charge in [0.05, 0.1) is 13.2 Å². The molecule has 1 aliphatic heterocycles. The average Bonchev–Trinajstić information content (AvgIpc) is 3.36. The minimum atomic E-state index is -0.421. The number of hydrogen-bond acceptors (Lipinski definition) is 6. The first-order valence-electron chi connectivity index (χ1n) is 9.11. The number of rotatable bonds is 5. The number of pyridine rings is 1. The van der Waals surface area contributed by atoms with Gasteiger partial charge in [-0.25, -0.2) is 4.79 Å². The van der Waals surface area contributed by atoms with Crippen LogP contribution in [0.1, 0.15) is 36.9 Å². The van der Waals surface area contributed by atoms with Crippen LogP contribution in [0.15, 0.2) is 47.2 Å². The van der Waals surface area contributed by atoms with Gasteiger partial charge in [0.15, 0.2) is 0 Å². The lowest BCUT2D eigenvalue weighted by molar-refractivity contribution is 0.134. The number of amides is 2. The summed E-state index contributed by atoms with van der Waals surface area (Å²) >= 11 is 0. The van der Waals surface area contributed by atoms with Crippen LogP contribution in [0.2, 0.25) is 0 Å². The van der Waals surface area contributed by atoms with Crippen LogP contribution in [-0.2, 0) is 18.0 Å². The Kier molecular flexibility index (Phi) is 5.03. The third-order valence-corrected chi connectivity index (χ3v) is 4.56. The third-order valence-electron chi connectivity index (χ3n) is 4.56. The molecule has 8 heteroatoms. The number of benzene rings is 1. The molecule has 0 saturated heterocycles. The van der Waals surface area contributed by atoms with Gasteiger partial charge in [-0.15, -0.1) is 0 Å². The maximum atomic E-state index is 12.5. The van der Waals surface area contributed by atoms with Crippen molar-refractivity contribution in [1.82, 2.24) is 20.4 Å². The van der Waals surface area contributed by atoms with Crippen molar-refractivity contribution in [3.63, 3.8) is 0 Å². The highest BCUT2D eigenvalue weighted by Crippen LogP contribution is 2.25. The average molecular weight is 379 g/mol. The summed E-state index contributed by atoms with van der Waals surface area (Å²) in [6.45, 7) is 5.14. The summed E-state index contributed by atoms with van der Waals surface area (Å²) < 4.78 is 10.8. The lowest BCUT2D eigenvalue weighted by atomic mass is 10.0. The summed E-state index contributed by atoms with van der Waals surface area (Å²) in [7, 11) is 0. The monoisotopic (exact) mass is 379 g/mol. The molecule has 2 amide bonds. The van der Waals surface area contributed by atoms with E-state index in [0.29, 0.717) is 30.6 Å². The number of ether oxygens (including phenoxy) is 1. The lowest BCUT2D eigenvalue weighted by Crippen LogP contribution is -2.35. The minimum Gasteiger partial charge on any atom is -0.372 e. The molecule has 2 N–H and O–H groups in total. The van der Waals surface area contributed by atoms with Crippen molar-refractivity contribution in [3.05, 3.63) is 59.7 Å². The first-order chi connectivity index (χ1) is 13.6. The van der Waals surface area contributed by atoms with Crippen molar-refractivity contribution in [2.24, 2.45) is 5.92 Å². The third kappa shape index (κ3) is 3.86. The summed E-state index contributed by atoms with van der Waals surface area (Å²) in [4.78, 5) is 21.0. The molecule has 0 radical (unpaired) electrons. The van der Waals surface area contributed by atoms with Crippen molar-refractivity contribution in [2.45, 2.75) is 33.1 Å². The first-order valence-corrected chi connectivity index (χ1v) is 9.11. The fraction of sp³-hybridized carbons (Fsp3) is 0.300. The maximum Gasteiger partial charge on any atom is 0.319 e. The van der Waals surface area contributed by atoms with Crippen molar-refractivity contribution < 1.29 is 14.1 Å². The lowest BCUT2D eigenvalue weighted by Gasteiger charge is -2.19. The Hall–Kier alpha value is -3.26. The van der Waals surface area contributed by atoms with Gasteiger partial charge >= 0.3 is 6.03 Å². The number of hydrogen-bond donors (Lipinski definition) is 2. The molecule has 0 saturated carbocycles. The second-order valence-corrected chi connectivity index (χ2v) is 6.99. The number of nitrogens with zero attached hydrogens (tertiary/aromatic N) is 3. The molecule has 3 aromatic rings. The van der Waals surface area contributed by atoms with Gasteiger partial charge in [0, 0.05) is 23.6 Å². The van der Waals surface area contributed by atoms with E-state index in [9.17, 15) is 4.79 Å². The van der Waals surface area contributed by atoms with Gasteiger partial charge in [-0.1, -0.05) is 25.1 Å². The number of fused-ring (bicyclic) bond motifs is 1. The highest BCUT2D eigenvalue weighted by Gasteiger charge is 2.25. The van der Waals surface area contributed by atoms with Gasteiger partial charge in [-0.2, -0.15) is 4.98 Å².